The summed E-state index contributed by atoms with van der Waals surface area (Å²) in [7, 11) is 1.68. The number of nitrogens with two attached hydrogens (primary N) is 1. The number of methoxy groups -OCH3 is 1. The van der Waals surface area contributed by atoms with Gasteiger partial charge in [-0.2, -0.15) is 0 Å². The van der Waals surface area contributed by atoms with Crippen molar-refractivity contribution in [2.75, 3.05) is 12.4 Å². The first kappa shape index (κ1) is 15.4. The van der Waals surface area contributed by atoms with Crippen molar-refractivity contribution >= 4 is 28.7 Å². The number of thiocarbonyl (C=S) groups is 1. The topological polar surface area (TPSA) is 60.2 Å². The van der Waals surface area contributed by atoms with E-state index in [-0.39, 0.29) is 0 Å². The second-order valence-corrected chi connectivity index (χ2v) is 5.37. The van der Waals surface area contributed by atoms with Gasteiger partial charge in [0.25, 0.3) is 0 Å². The zero-order valence-electron chi connectivity index (χ0n) is 12.4. The van der Waals surface area contributed by atoms with E-state index in [1.807, 2.05) is 44.2 Å². The summed E-state index contributed by atoms with van der Waals surface area (Å²) in [6, 6.07) is 9.95. The number of hydrogen-bond donors (Lipinski definition) is 2. The molecule has 2 rings (SSSR count). The van der Waals surface area contributed by atoms with E-state index in [9.17, 15) is 0 Å². The zero-order valence-corrected chi connectivity index (χ0v) is 13.3. The van der Waals surface area contributed by atoms with E-state index in [0.717, 1.165) is 28.1 Å². The first-order valence-corrected chi connectivity index (χ1v) is 7.05. The normalized spacial score (nSPS) is 10.4. The van der Waals surface area contributed by atoms with Gasteiger partial charge in [0, 0.05) is 18.5 Å². The van der Waals surface area contributed by atoms with E-state index in [1.54, 1.807) is 7.11 Å². The van der Waals surface area contributed by atoms with Crippen molar-refractivity contribution in [3.8, 4) is 0 Å². The Kier molecular flexibility index (Phi) is 4.88. The second kappa shape index (κ2) is 6.65. The quantitative estimate of drug-likeness (QED) is 0.830. The third kappa shape index (κ3) is 3.77. The monoisotopic (exact) mass is 301 g/mol. The van der Waals surface area contributed by atoms with E-state index in [0.29, 0.717) is 17.4 Å². The van der Waals surface area contributed by atoms with E-state index < -0.39 is 0 Å². The highest BCUT2D eigenvalue weighted by Crippen LogP contribution is 2.23. The molecule has 1 aromatic carbocycles. The third-order valence-electron chi connectivity index (χ3n) is 3.09. The van der Waals surface area contributed by atoms with Crippen LogP contribution in [0.1, 0.15) is 22.4 Å². The number of ether oxygens (including phenoxy) is 1. The Morgan fingerprint density at radius 1 is 1.33 bits per heavy atom. The molecule has 1 heterocycles. The van der Waals surface area contributed by atoms with Crippen LogP contribution in [0.5, 0.6) is 0 Å². The maximum Gasteiger partial charge on any atom is 0.141 e. The molecule has 0 atom stereocenters. The first-order chi connectivity index (χ1) is 10.0. The van der Waals surface area contributed by atoms with Gasteiger partial charge in [-0.25, -0.2) is 4.98 Å². The van der Waals surface area contributed by atoms with Gasteiger partial charge in [-0.05, 0) is 43.2 Å². The number of benzene rings is 1. The van der Waals surface area contributed by atoms with Crippen molar-refractivity contribution in [3.05, 3.63) is 52.7 Å². The van der Waals surface area contributed by atoms with Crippen molar-refractivity contribution in [1.29, 1.82) is 0 Å². The molecule has 5 heteroatoms. The summed E-state index contributed by atoms with van der Waals surface area (Å²) in [5.41, 5.74) is 10.6. The Morgan fingerprint density at radius 2 is 2.10 bits per heavy atom. The molecule has 1 aromatic heterocycles. The minimum absolute atomic E-state index is 0.343. The highest BCUT2D eigenvalue weighted by Gasteiger charge is 2.11. The molecule has 0 saturated carbocycles. The van der Waals surface area contributed by atoms with Gasteiger partial charge in [0.05, 0.1) is 12.2 Å². The molecule has 0 amide bonds. The fraction of sp³-hybridized carbons (Fsp3) is 0.250. The Bertz CT molecular complexity index is 671. The predicted octanol–water partition coefficient (Wildman–Crippen LogP) is 3.22. The summed E-state index contributed by atoms with van der Waals surface area (Å²) in [6.07, 6.45) is 0. The molecule has 2 aromatic rings. The lowest BCUT2D eigenvalue weighted by Crippen LogP contribution is -2.15. The average molecular weight is 301 g/mol. The Hall–Kier alpha value is -1.98. The predicted molar refractivity (Wildman–Crippen MR) is 90.0 cm³/mol. The largest absolute Gasteiger partial charge is 0.389 e. The molecular weight excluding hydrogens is 282 g/mol. The summed E-state index contributed by atoms with van der Waals surface area (Å²) >= 11 is 5.14. The summed E-state index contributed by atoms with van der Waals surface area (Å²) < 4.78 is 5.15. The lowest BCUT2D eigenvalue weighted by atomic mass is 10.1. The van der Waals surface area contributed by atoms with Crippen LogP contribution < -0.4 is 11.1 Å². The molecule has 110 valence electrons. The SMILES string of the molecule is COCc1cccc(Nc2nc(C)cc(C)c2C(N)=S)c1. The molecule has 0 aliphatic carbocycles. The maximum atomic E-state index is 5.83. The Balaban J connectivity index is 2.39. The second-order valence-electron chi connectivity index (χ2n) is 4.93. The number of aromatic nitrogens is 1. The van der Waals surface area contributed by atoms with Gasteiger partial charge in [0.15, 0.2) is 0 Å². The fourth-order valence-electron chi connectivity index (χ4n) is 2.28. The molecule has 0 radical (unpaired) electrons. The van der Waals surface area contributed by atoms with E-state index in [1.165, 1.54) is 0 Å². The molecular formula is C16H19N3OS. The number of nitrogens with zero attached hydrogens (tertiary/aromatic N) is 1. The molecule has 0 bridgehead atoms. The Morgan fingerprint density at radius 3 is 2.76 bits per heavy atom. The van der Waals surface area contributed by atoms with Crippen LogP contribution in [0, 0.1) is 13.8 Å². The summed E-state index contributed by atoms with van der Waals surface area (Å²) in [4.78, 5) is 4.86. The van der Waals surface area contributed by atoms with Gasteiger partial charge >= 0.3 is 0 Å². The summed E-state index contributed by atoms with van der Waals surface area (Å²) in [6.45, 7) is 4.50. The van der Waals surface area contributed by atoms with Crippen LogP contribution in [0.25, 0.3) is 0 Å². The van der Waals surface area contributed by atoms with Crippen LogP contribution >= 0.6 is 12.2 Å². The van der Waals surface area contributed by atoms with Crippen molar-refractivity contribution < 1.29 is 4.74 Å². The number of pyridine rings is 1. The van der Waals surface area contributed by atoms with Crippen LogP contribution in [0.2, 0.25) is 0 Å². The minimum atomic E-state index is 0.343. The number of nitrogens with one attached hydrogen (secondary N) is 1. The van der Waals surface area contributed by atoms with Crippen LogP contribution in [0.15, 0.2) is 30.3 Å². The maximum absolute atomic E-state index is 5.83. The van der Waals surface area contributed by atoms with E-state index in [2.05, 4.69) is 10.3 Å². The smallest absolute Gasteiger partial charge is 0.141 e. The zero-order chi connectivity index (χ0) is 15.4. The van der Waals surface area contributed by atoms with Crippen LogP contribution in [0.3, 0.4) is 0 Å². The van der Waals surface area contributed by atoms with E-state index >= 15 is 0 Å². The number of aryl methyl sites for hydroxylation is 2. The van der Waals surface area contributed by atoms with Crippen LogP contribution in [-0.2, 0) is 11.3 Å². The first-order valence-electron chi connectivity index (χ1n) is 6.64. The van der Waals surface area contributed by atoms with Crippen molar-refractivity contribution in [3.63, 3.8) is 0 Å². The standard InChI is InChI=1S/C16H19N3OS/c1-10-7-11(2)18-16(14(10)15(17)21)19-13-6-4-5-12(8-13)9-20-3/h4-8H,9H2,1-3H3,(H2,17,21)(H,18,19). The molecule has 21 heavy (non-hydrogen) atoms. The molecule has 3 N–H and O–H groups in total. The molecule has 0 fully saturated rings. The highest BCUT2D eigenvalue weighted by atomic mass is 32.1. The van der Waals surface area contributed by atoms with E-state index in [4.69, 9.17) is 22.7 Å². The summed E-state index contributed by atoms with van der Waals surface area (Å²) in [5, 5.41) is 3.30. The average Bonchev–Trinajstić information content (AvgIpc) is 2.38. The van der Waals surface area contributed by atoms with Gasteiger partial charge in [0.1, 0.15) is 10.8 Å². The minimum Gasteiger partial charge on any atom is -0.389 e. The molecule has 0 aliphatic rings. The van der Waals surface area contributed by atoms with Crippen LogP contribution in [-0.4, -0.2) is 17.1 Å². The molecule has 0 aliphatic heterocycles. The molecule has 0 unspecified atom stereocenters. The van der Waals surface area contributed by atoms with Gasteiger partial charge in [-0.1, -0.05) is 24.4 Å². The lowest BCUT2D eigenvalue weighted by Gasteiger charge is -2.14. The third-order valence-corrected chi connectivity index (χ3v) is 3.30. The number of hydrogen-bond acceptors (Lipinski definition) is 4. The molecule has 4 nitrogen and oxygen atoms in total. The number of rotatable bonds is 5. The molecule has 0 saturated heterocycles. The summed E-state index contributed by atoms with van der Waals surface area (Å²) in [5.74, 6) is 0.689. The number of anilines is 2. The van der Waals surface area contributed by atoms with Gasteiger partial charge in [-0.15, -0.1) is 0 Å². The fourth-order valence-corrected chi connectivity index (χ4v) is 2.54. The van der Waals surface area contributed by atoms with Gasteiger partial charge < -0.3 is 15.8 Å². The molecule has 0 spiro atoms. The van der Waals surface area contributed by atoms with Gasteiger partial charge in [0.2, 0.25) is 0 Å². The highest BCUT2D eigenvalue weighted by molar-refractivity contribution is 7.80. The van der Waals surface area contributed by atoms with Gasteiger partial charge in [-0.3, -0.25) is 0 Å². The van der Waals surface area contributed by atoms with Crippen molar-refractivity contribution in [2.45, 2.75) is 20.5 Å². The Labute approximate surface area is 130 Å². The lowest BCUT2D eigenvalue weighted by molar-refractivity contribution is 0.185. The van der Waals surface area contributed by atoms with Crippen LogP contribution in [0.4, 0.5) is 11.5 Å². The van der Waals surface area contributed by atoms with Crippen molar-refractivity contribution in [1.82, 2.24) is 4.98 Å². The van der Waals surface area contributed by atoms with Crippen molar-refractivity contribution in [2.24, 2.45) is 5.73 Å².